The number of hydrogen-bond donors (Lipinski definition) is 1. The molecular weight excluding hydrogens is 193 g/mol. The molecular formula is C12H17FNO. The van der Waals surface area contributed by atoms with Gasteiger partial charge in [-0.15, -0.1) is 0 Å². The van der Waals surface area contributed by atoms with Crippen molar-refractivity contribution in [2.75, 3.05) is 14.1 Å². The van der Waals surface area contributed by atoms with Crippen LogP contribution >= 0.6 is 0 Å². The minimum Gasteiger partial charge on any atom is -0.388 e. The molecule has 1 aromatic carbocycles. The average Bonchev–Trinajstić information content (AvgIpc) is 2.18. The zero-order valence-electron chi connectivity index (χ0n) is 9.15. The van der Waals surface area contributed by atoms with Crippen molar-refractivity contribution in [2.24, 2.45) is 0 Å². The second kappa shape index (κ2) is 5.83. The molecule has 3 heteroatoms. The summed E-state index contributed by atoms with van der Waals surface area (Å²) in [5, 5.41) is 9.76. The summed E-state index contributed by atoms with van der Waals surface area (Å²) in [6.07, 6.45) is 0.955. The zero-order valence-corrected chi connectivity index (χ0v) is 9.15. The van der Waals surface area contributed by atoms with Crippen LogP contribution in [0.15, 0.2) is 24.3 Å². The summed E-state index contributed by atoms with van der Waals surface area (Å²) in [6, 6.07) is 5.98. The van der Waals surface area contributed by atoms with Gasteiger partial charge < -0.3 is 10.0 Å². The highest BCUT2D eigenvalue weighted by Crippen LogP contribution is 2.19. The van der Waals surface area contributed by atoms with Crippen LogP contribution in [-0.2, 0) is 0 Å². The molecule has 0 fully saturated rings. The van der Waals surface area contributed by atoms with Gasteiger partial charge >= 0.3 is 0 Å². The van der Waals surface area contributed by atoms with E-state index in [-0.39, 0.29) is 5.82 Å². The Balaban J connectivity index is 2.40. The van der Waals surface area contributed by atoms with Crippen LogP contribution in [0.25, 0.3) is 0 Å². The van der Waals surface area contributed by atoms with Crippen LogP contribution in [0.5, 0.6) is 0 Å². The van der Waals surface area contributed by atoms with Crippen LogP contribution < -0.4 is 0 Å². The number of benzene rings is 1. The second-order valence-corrected chi connectivity index (χ2v) is 3.79. The molecule has 0 unspecified atom stereocenters. The lowest BCUT2D eigenvalue weighted by atomic mass is 10.0. The van der Waals surface area contributed by atoms with Crippen LogP contribution in [0.3, 0.4) is 0 Å². The molecule has 0 aromatic heterocycles. The van der Waals surface area contributed by atoms with Gasteiger partial charge in [-0.3, -0.25) is 0 Å². The second-order valence-electron chi connectivity index (χ2n) is 3.79. The quantitative estimate of drug-likeness (QED) is 0.806. The van der Waals surface area contributed by atoms with Crippen LogP contribution in [0.2, 0.25) is 0 Å². The van der Waals surface area contributed by atoms with Gasteiger partial charge in [0.1, 0.15) is 5.82 Å². The van der Waals surface area contributed by atoms with Crippen molar-refractivity contribution in [2.45, 2.75) is 18.9 Å². The Labute approximate surface area is 90.3 Å². The SMILES string of the molecule is CN(C)[CH]CC[C@@H](O)c1ccc(F)cc1. The van der Waals surface area contributed by atoms with Crippen LogP contribution in [-0.4, -0.2) is 24.1 Å². The molecule has 1 rings (SSSR count). The number of rotatable bonds is 5. The largest absolute Gasteiger partial charge is 0.388 e. The summed E-state index contributed by atoms with van der Waals surface area (Å²) in [6.45, 7) is 2.01. The van der Waals surface area contributed by atoms with Crippen molar-refractivity contribution >= 4 is 0 Å². The number of halogens is 1. The lowest BCUT2D eigenvalue weighted by Crippen LogP contribution is -2.08. The first-order valence-corrected chi connectivity index (χ1v) is 5.03. The number of aliphatic hydroxyl groups is 1. The molecule has 83 valence electrons. The molecule has 1 N–H and O–H groups in total. The van der Waals surface area contributed by atoms with E-state index in [0.717, 1.165) is 12.0 Å². The highest BCUT2D eigenvalue weighted by Gasteiger charge is 2.07. The molecule has 0 spiro atoms. The summed E-state index contributed by atoms with van der Waals surface area (Å²) in [5.74, 6) is -0.272. The van der Waals surface area contributed by atoms with Gasteiger partial charge in [-0.25, -0.2) is 4.39 Å². The van der Waals surface area contributed by atoms with Gasteiger partial charge in [0.2, 0.25) is 0 Å². The van der Waals surface area contributed by atoms with Gasteiger partial charge in [-0.1, -0.05) is 12.1 Å². The van der Waals surface area contributed by atoms with E-state index in [2.05, 4.69) is 0 Å². The van der Waals surface area contributed by atoms with Crippen LogP contribution in [0.4, 0.5) is 4.39 Å². The molecule has 0 saturated heterocycles. The van der Waals surface area contributed by atoms with Crippen molar-refractivity contribution in [3.63, 3.8) is 0 Å². The number of nitrogens with zero attached hydrogens (tertiary/aromatic N) is 1. The van der Waals surface area contributed by atoms with Gasteiger partial charge in [0.15, 0.2) is 0 Å². The summed E-state index contributed by atoms with van der Waals surface area (Å²) < 4.78 is 12.6. The van der Waals surface area contributed by atoms with Crippen molar-refractivity contribution in [3.8, 4) is 0 Å². The summed E-state index contributed by atoms with van der Waals surface area (Å²) in [5.41, 5.74) is 0.767. The Morgan fingerprint density at radius 1 is 1.33 bits per heavy atom. The first-order chi connectivity index (χ1) is 7.09. The number of aliphatic hydroxyl groups excluding tert-OH is 1. The average molecular weight is 210 g/mol. The molecule has 0 heterocycles. The number of hydrogen-bond acceptors (Lipinski definition) is 2. The van der Waals surface area contributed by atoms with E-state index in [9.17, 15) is 9.50 Å². The van der Waals surface area contributed by atoms with Gasteiger partial charge in [0, 0.05) is 6.54 Å². The van der Waals surface area contributed by atoms with Crippen molar-refractivity contribution in [1.82, 2.24) is 4.90 Å². The van der Waals surface area contributed by atoms with E-state index in [0.29, 0.717) is 6.42 Å². The first-order valence-electron chi connectivity index (χ1n) is 5.03. The normalized spacial score (nSPS) is 13.1. The highest BCUT2D eigenvalue weighted by atomic mass is 19.1. The molecule has 0 saturated carbocycles. The van der Waals surface area contributed by atoms with Gasteiger partial charge in [0.05, 0.1) is 6.10 Å². The summed E-state index contributed by atoms with van der Waals surface area (Å²) in [4.78, 5) is 1.96. The molecule has 0 bridgehead atoms. The molecule has 1 radical (unpaired) electrons. The maximum Gasteiger partial charge on any atom is 0.123 e. The van der Waals surface area contributed by atoms with Gasteiger partial charge in [-0.2, -0.15) is 0 Å². The van der Waals surface area contributed by atoms with Gasteiger partial charge in [0.25, 0.3) is 0 Å². The lowest BCUT2D eigenvalue weighted by molar-refractivity contribution is 0.164. The van der Waals surface area contributed by atoms with E-state index in [4.69, 9.17) is 0 Å². The maximum absolute atomic E-state index is 12.6. The Morgan fingerprint density at radius 3 is 2.47 bits per heavy atom. The van der Waals surface area contributed by atoms with Crippen molar-refractivity contribution in [3.05, 3.63) is 42.2 Å². The summed E-state index contributed by atoms with van der Waals surface area (Å²) >= 11 is 0. The molecule has 2 nitrogen and oxygen atoms in total. The third kappa shape index (κ3) is 4.40. The highest BCUT2D eigenvalue weighted by molar-refractivity contribution is 5.18. The monoisotopic (exact) mass is 210 g/mol. The molecule has 0 amide bonds. The summed E-state index contributed by atoms with van der Waals surface area (Å²) in [7, 11) is 3.90. The van der Waals surface area contributed by atoms with Crippen LogP contribution in [0, 0.1) is 12.4 Å². The Bertz CT molecular complexity index is 284. The molecule has 1 atom stereocenters. The van der Waals surface area contributed by atoms with E-state index in [1.807, 2.05) is 25.5 Å². The Hall–Kier alpha value is -0.930. The van der Waals surface area contributed by atoms with Crippen molar-refractivity contribution < 1.29 is 9.50 Å². The first kappa shape index (κ1) is 12.1. The maximum atomic E-state index is 12.6. The van der Waals surface area contributed by atoms with E-state index in [1.54, 1.807) is 12.1 Å². The molecule has 0 aliphatic carbocycles. The zero-order chi connectivity index (χ0) is 11.3. The predicted molar refractivity (Wildman–Crippen MR) is 58.6 cm³/mol. The molecule has 15 heavy (non-hydrogen) atoms. The Morgan fingerprint density at radius 2 is 1.93 bits per heavy atom. The minimum atomic E-state index is -0.512. The smallest absolute Gasteiger partial charge is 0.123 e. The third-order valence-electron chi connectivity index (χ3n) is 2.19. The van der Waals surface area contributed by atoms with Gasteiger partial charge in [-0.05, 0) is 44.6 Å². The fourth-order valence-corrected chi connectivity index (χ4v) is 1.34. The molecule has 0 aliphatic rings. The fourth-order valence-electron chi connectivity index (χ4n) is 1.34. The van der Waals surface area contributed by atoms with E-state index >= 15 is 0 Å². The van der Waals surface area contributed by atoms with E-state index in [1.165, 1.54) is 12.1 Å². The minimum absolute atomic E-state index is 0.272. The predicted octanol–water partition coefficient (Wildman–Crippen LogP) is 2.36. The van der Waals surface area contributed by atoms with E-state index < -0.39 is 6.10 Å². The standard InChI is InChI=1S/C12H17FNO/c1-14(2)9-3-4-12(15)10-5-7-11(13)8-6-10/h5-9,12,15H,3-4H2,1-2H3/t12-/m1/s1. The molecule has 1 aromatic rings. The van der Waals surface area contributed by atoms with Crippen LogP contribution in [0.1, 0.15) is 24.5 Å². The lowest BCUT2D eigenvalue weighted by Gasteiger charge is -2.13. The third-order valence-corrected chi connectivity index (χ3v) is 2.19. The Kier molecular flexibility index (Phi) is 4.72. The molecule has 0 aliphatic heterocycles. The topological polar surface area (TPSA) is 23.5 Å². The fraction of sp³-hybridized carbons (Fsp3) is 0.417. The van der Waals surface area contributed by atoms with Crippen molar-refractivity contribution in [1.29, 1.82) is 0 Å².